The number of amides is 3. The molecular formula is C12H21N3O3. The summed E-state index contributed by atoms with van der Waals surface area (Å²) in [5.74, 6) is -0.750. The Morgan fingerprint density at radius 1 is 1.22 bits per heavy atom. The highest BCUT2D eigenvalue weighted by Gasteiger charge is 2.34. The molecule has 3 atom stereocenters. The molecule has 0 heterocycles. The highest BCUT2D eigenvalue weighted by atomic mass is 16.2. The summed E-state index contributed by atoms with van der Waals surface area (Å²) < 4.78 is 0. The molecular weight excluding hydrogens is 234 g/mol. The van der Waals surface area contributed by atoms with Gasteiger partial charge in [0, 0.05) is 20.0 Å². The molecule has 0 radical (unpaired) electrons. The Labute approximate surface area is 107 Å². The fourth-order valence-electron chi connectivity index (χ4n) is 2.31. The molecule has 0 aliphatic heterocycles. The normalized spacial score (nSPS) is 24.2. The highest BCUT2D eigenvalue weighted by molar-refractivity contribution is 5.88. The van der Waals surface area contributed by atoms with Gasteiger partial charge in [0.15, 0.2) is 0 Å². The van der Waals surface area contributed by atoms with Crippen LogP contribution in [-0.4, -0.2) is 36.9 Å². The van der Waals surface area contributed by atoms with E-state index in [0.717, 1.165) is 19.3 Å². The van der Waals surface area contributed by atoms with Crippen LogP contribution in [0.5, 0.6) is 0 Å². The second kappa shape index (κ2) is 6.37. The maximum Gasteiger partial charge on any atom is 0.242 e. The highest BCUT2D eigenvalue weighted by Crippen LogP contribution is 2.25. The van der Waals surface area contributed by atoms with Gasteiger partial charge < -0.3 is 16.0 Å². The zero-order chi connectivity index (χ0) is 13.7. The van der Waals surface area contributed by atoms with Crippen LogP contribution in [-0.2, 0) is 14.4 Å². The predicted molar refractivity (Wildman–Crippen MR) is 66.6 cm³/mol. The lowest BCUT2D eigenvalue weighted by molar-refractivity contribution is -0.131. The molecule has 1 saturated carbocycles. The quantitative estimate of drug-likeness (QED) is 0.635. The van der Waals surface area contributed by atoms with Crippen LogP contribution in [0.25, 0.3) is 0 Å². The number of carbonyl (C=O) groups is 3. The minimum Gasteiger partial charge on any atom is -0.357 e. The minimum absolute atomic E-state index is 0.112. The van der Waals surface area contributed by atoms with E-state index in [2.05, 4.69) is 16.0 Å². The number of hydrogen-bond acceptors (Lipinski definition) is 3. The molecule has 6 heteroatoms. The molecule has 1 aliphatic rings. The lowest BCUT2D eigenvalue weighted by Crippen LogP contribution is -2.49. The van der Waals surface area contributed by atoms with E-state index in [1.54, 1.807) is 6.92 Å². The first-order valence-electron chi connectivity index (χ1n) is 6.24. The lowest BCUT2D eigenvalue weighted by Gasteiger charge is -2.21. The Kier molecular flexibility index (Phi) is 5.12. The van der Waals surface area contributed by atoms with E-state index in [-0.39, 0.29) is 29.7 Å². The molecule has 1 aliphatic carbocycles. The summed E-state index contributed by atoms with van der Waals surface area (Å²) in [5.41, 5.74) is 0. The topological polar surface area (TPSA) is 87.3 Å². The first-order valence-corrected chi connectivity index (χ1v) is 6.24. The fourth-order valence-corrected chi connectivity index (χ4v) is 2.31. The third-order valence-corrected chi connectivity index (χ3v) is 3.24. The number of rotatable bonds is 4. The van der Waals surface area contributed by atoms with Crippen molar-refractivity contribution in [1.29, 1.82) is 0 Å². The number of likely N-dealkylation sites (N-methyl/N-ethyl adjacent to an activating group) is 1. The van der Waals surface area contributed by atoms with Gasteiger partial charge in [0.2, 0.25) is 17.7 Å². The average molecular weight is 255 g/mol. The molecule has 1 rings (SSSR count). The van der Waals surface area contributed by atoms with E-state index in [1.807, 2.05) is 0 Å². The Morgan fingerprint density at radius 3 is 2.44 bits per heavy atom. The molecule has 18 heavy (non-hydrogen) atoms. The van der Waals surface area contributed by atoms with E-state index in [1.165, 1.54) is 14.0 Å². The Bertz CT molecular complexity index is 343. The van der Waals surface area contributed by atoms with E-state index in [9.17, 15) is 14.4 Å². The smallest absolute Gasteiger partial charge is 0.242 e. The minimum atomic E-state index is -0.555. The summed E-state index contributed by atoms with van der Waals surface area (Å²) in [4.78, 5) is 34.4. The van der Waals surface area contributed by atoms with Gasteiger partial charge in [0.1, 0.15) is 6.04 Å². The van der Waals surface area contributed by atoms with Gasteiger partial charge in [-0.15, -0.1) is 0 Å². The van der Waals surface area contributed by atoms with Crippen molar-refractivity contribution in [3.05, 3.63) is 0 Å². The maximum atomic E-state index is 12.0. The van der Waals surface area contributed by atoms with Crippen molar-refractivity contribution in [3.8, 4) is 0 Å². The molecule has 1 fully saturated rings. The van der Waals surface area contributed by atoms with Gasteiger partial charge in [-0.3, -0.25) is 14.4 Å². The van der Waals surface area contributed by atoms with Crippen LogP contribution >= 0.6 is 0 Å². The molecule has 0 saturated heterocycles. The summed E-state index contributed by atoms with van der Waals surface area (Å²) in [6.07, 6.45) is 2.47. The standard InChI is InChI=1S/C12H21N3O3/c1-7(11(17)13-3)14-12(18)9-5-4-6-10(9)15-8(2)16/h7,9-10H,4-6H2,1-3H3,(H,13,17)(H,14,18)(H,15,16)/t7-,9+,10+/m1/s1. The Morgan fingerprint density at radius 2 is 1.89 bits per heavy atom. The number of carbonyl (C=O) groups excluding carboxylic acids is 3. The SMILES string of the molecule is CNC(=O)[C@@H](C)NC(=O)[C@H]1CCC[C@@H]1NC(C)=O. The van der Waals surface area contributed by atoms with Crippen LogP contribution in [0.15, 0.2) is 0 Å². The fraction of sp³-hybridized carbons (Fsp3) is 0.750. The molecule has 0 bridgehead atoms. The third kappa shape index (κ3) is 3.72. The molecule has 6 nitrogen and oxygen atoms in total. The molecule has 0 aromatic rings. The van der Waals surface area contributed by atoms with Crippen LogP contribution in [0, 0.1) is 5.92 Å². The van der Waals surface area contributed by atoms with Gasteiger partial charge >= 0.3 is 0 Å². The maximum absolute atomic E-state index is 12.0. The summed E-state index contributed by atoms with van der Waals surface area (Å²) in [6.45, 7) is 3.08. The largest absolute Gasteiger partial charge is 0.357 e. The van der Waals surface area contributed by atoms with Crippen molar-refractivity contribution in [2.24, 2.45) is 5.92 Å². The molecule has 0 aromatic carbocycles. The summed E-state index contributed by atoms with van der Waals surface area (Å²) in [7, 11) is 1.53. The van der Waals surface area contributed by atoms with Crippen LogP contribution in [0.2, 0.25) is 0 Å². The first-order chi connectivity index (χ1) is 8.45. The van der Waals surface area contributed by atoms with Crippen molar-refractivity contribution in [1.82, 2.24) is 16.0 Å². The van der Waals surface area contributed by atoms with Crippen molar-refractivity contribution < 1.29 is 14.4 Å². The van der Waals surface area contributed by atoms with E-state index in [4.69, 9.17) is 0 Å². The summed E-state index contributed by atoms with van der Waals surface area (Å²) in [5, 5.41) is 7.94. The zero-order valence-corrected chi connectivity index (χ0v) is 11.1. The zero-order valence-electron chi connectivity index (χ0n) is 11.1. The van der Waals surface area contributed by atoms with Gasteiger partial charge in [-0.25, -0.2) is 0 Å². The molecule has 0 spiro atoms. The van der Waals surface area contributed by atoms with Gasteiger partial charge in [-0.2, -0.15) is 0 Å². The third-order valence-electron chi connectivity index (χ3n) is 3.24. The predicted octanol–water partition coefficient (Wildman–Crippen LogP) is -0.458. The monoisotopic (exact) mass is 255 g/mol. The van der Waals surface area contributed by atoms with Gasteiger partial charge in [0.25, 0.3) is 0 Å². The van der Waals surface area contributed by atoms with Gasteiger partial charge in [-0.05, 0) is 19.8 Å². The van der Waals surface area contributed by atoms with E-state index < -0.39 is 6.04 Å². The average Bonchev–Trinajstić information content (AvgIpc) is 2.74. The number of nitrogens with one attached hydrogen (secondary N) is 3. The van der Waals surface area contributed by atoms with Crippen LogP contribution in [0.4, 0.5) is 0 Å². The van der Waals surface area contributed by atoms with Crippen molar-refractivity contribution in [2.75, 3.05) is 7.05 Å². The van der Waals surface area contributed by atoms with Crippen molar-refractivity contribution in [2.45, 2.75) is 45.2 Å². The van der Waals surface area contributed by atoms with E-state index in [0.29, 0.717) is 0 Å². The molecule has 3 amide bonds. The number of hydrogen-bond donors (Lipinski definition) is 3. The van der Waals surface area contributed by atoms with Gasteiger partial charge in [0.05, 0.1) is 5.92 Å². The lowest BCUT2D eigenvalue weighted by atomic mass is 10.0. The summed E-state index contributed by atoms with van der Waals surface area (Å²) in [6, 6.07) is -0.666. The van der Waals surface area contributed by atoms with Crippen molar-refractivity contribution >= 4 is 17.7 Å². The Hall–Kier alpha value is -1.59. The molecule has 102 valence electrons. The van der Waals surface area contributed by atoms with E-state index >= 15 is 0 Å². The van der Waals surface area contributed by atoms with Crippen LogP contribution in [0.3, 0.4) is 0 Å². The van der Waals surface area contributed by atoms with Crippen LogP contribution < -0.4 is 16.0 Å². The van der Waals surface area contributed by atoms with Crippen LogP contribution in [0.1, 0.15) is 33.1 Å². The Balaban J connectivity index is 2.55. The first kappa shape index (κ1) is 14.5. The molecule has 0 aromatic heterocycles. The molecule has 3 N–H and O–H groups in total. The van der Waals surface area contributed by atoms with Crippen molar-refractivity contribution in [3.63, 3.8) is 0 Å². The second-order valence-corrected chi connectivity index (χ2v) is 4.69. The summed E-state index contributed by atoms with van der Waals surface area (Å²) >= 11 is 0. The second-order valence-electron chi connectivity index (χ2n) is 4.69. The molecule has 0 unspecified atom stereocenters. The van der Waals surface area contributed by atoms with Gasteiger partial charge in [-0.1, -0.05) is 6.42 Å².